The van der Waals surface area contributed by atoms with Crippen LogP contribution in [0.2, 0.25) is 0 Å². The standard InChI is InChI=1S/C8H10Br2O4/c1-2-3-8(13-6(11)4-9)14-7(12)5-10/h2-3,8H,4-5H2,1H3/b3-2+. The first-order valence-corrected chi connectivity index (χ1v) is 6.02. The minimum atomic E-state index is -0.949. The van der Waals surface area contributed by atoms with Crippen molar-refractivity contribution in [3.05, 3.63) is 12.2 Å². The molecule has 0 unspecified atom stereocenters. The van der Waals surface area contributed by atoms with Gasteiger partial charge in [0, 0.05) is 0 Å². The number of esters is 2. The Morgan fingerprint density at radius 2 is 1.64 bits per heavy atom. The Kier molecular flexibility index (Phi) is 7.78. The predicted octanol–water partition coefficient (Wildman–Crippen LogP) is 1.76. The van der Waals surface area contributed by atoms with E-state index in [1.54, 1.807) is 13.0 Å². The molecule has 0 heterocycles. The van der Waals surface area contributed by atoms with E-state index in [-0.39, 0.29) is 10.7 Å². The van der Waals surface area contributed by atoms with E-state index in [1.165, 1.54) is 6.08 Å². The van der Waals surface area contributed by atoms with Gasteiger partial charge in [-0.25, -0.2) is 0 Å². The maximum absolute atomic E-state index is 10.9. The second-order valence-corrected chi connectivity index (χ2v) is 3.26. The lowest BCUT2D eigenvalue weighted by molar-refractivity contribution is -0.175. The molecule has 0 aromatic rings. The van der Waals surface area contributed by atoms with Crippen LogP contribution in [-0.2, 0) is 19.1 Å². The zero-order chi connectivity index (χ0) is 11.0. The van der Waals surface area contributed by atoms with E-state index < -0.39 is 18.2 Å². The number of hydrogen-bond acceptors (Lipinski definition) is 4. The van der Waals surface area contributed by atoms with Crippen LogP contribution >= 0.6 is 31.9 Å². The van der Waals surface area contributed by atoms with Gasteiger partial charge in [-0.3, -0.25) is 9.59 Å². The summed E-state index contributed by atoms with van der Waals surface area (Å²) in [6.45, 7) is 1.73. The number of halogens is 2. The summed E-state index contributed by atoms with van der Waals surface area (Å²) in [6.07, 6.45) is 2.16. The number of carbonyl (C=O) groups is 2. The summed E-state index contributed by atoms with van der Waals surface area (Å²) in [5.41, 5.74) is 0. The second kappa shape index (κ2) is 7.99. The zero-order valence-corrected chi connectivity index (χ0v) is 10.7. The van der Waals surface area contributed by atoms with Gasteiger partial charge in [-0.1, -0.05) is 37.9 Å². The molecule has 0 aliphatic carbocycles. The van der Waals surface area contributed by atoms with E-state index in [9.17, 15) is 9.59 Å². The molecule has 0 aromatic heterocycles. The number of alkyl halides is 2. The molecule has 0 saturated carbocycles. The van der Waals surface area contributed by atoms with Gasteiger partial charge < -0.3 is 9.47 Å². The first-order valence-electron chi connectivity index (χ1n) is 3.77. The van der Waals surface area contributed by atoms with Gasteiger partial charge in [0.2, 0.25) is 0 Å². The Hall–Kier alpha value is -0.360. The Morgan fingerprint density at radius 3 is 1.93 bits per heavy atom. The number of allylic oxidation sites excluding steroid dienone is 1. The van der Waals surface area contributed by atoms with Crippen molar-refractivity contribution in [2.45, 2.75) is 13.2 Å². The van der Waals surface area contributed by atoms with Crippen molar-refractivity contribution in [2.75, 3.05) is 10.7 Å². The molecule has 14 heavy (non-hydrogen) atoms. The van der Waals surface area contributed by atoms with Crippen LogP contribution in [0.4, 0.5) is 0 Å². The maximum Gasteiger partial charge on any atom is 0.319 e. The molecule has 0 fully saturated rings. The van der Waals surface area contributed by atoms with Crippen LogP contribution in [0, 0.1) is 0 Å². The highest BCUT2D eigenvalue weighted by molar-refractivity contribution is 9.09. The van der Waals surface area contributed by atoms with Gasteiger partial charge >= 0.3 is 11.9 Å². The summed E-state index contributed by atoms with van der Waals surface area (Å²) in [7, 11) is 0. The van der Waals surface area contributed by atoms with E-state index in [2.05, 4.69) is 31.9 Å². The minimum absolute atomic E-state index is 0.0624. The molecule has 80 valence electrons. The molecule has 0 atom stereocenters. The highest BCUT2D eigenvalue weighted by Crippen LogP contribution is 2.01. The Bertz CT molecular complexity index is 209. The molecule has 4 nitrogen and oxygen atoms in total. The van der Waals surface area contributed by atoms with E-state index in [4.69, 9.17) is 9.47 Å². The summed E-state index contributed by atoms with van der Waals surface area (Å²) in [5, 5.41) is 0.125. The topological polar surface area (TPSA) is 52.6 Å². The molecule has 0 N–H and O–H groups in total. The molecule has 0 saturated heterocycles. The first-order chi connectivity index (χ1) is 6.63. The van der Waals surface area contributed by atoms with Gasteiger partial charge in [0.15, 0.2) is 0 Å². The van der Waals surface area contributed by atoms with E-state index in [0.717, 1.165) is 0 Å². The highest BCUT2D eigenvalue weighted by atomic mass is 79.9. The van der Waals surface area contributed by atoms with Crippen LogP contribution < -0.4 is 0 Å². The largest absolute Gasteiger partial charge is 0.421 e. The lowest BCUT2D eigenvalue weighted by Crippen LogP contribution is -2.23. The molecule has 0 amide bonds. The normalized spacial score (nSPS) is 10.6. The number of carbonyl (C=O) groups excluding carboxylic acids is 2. The fourth-order valence-electron chi connectivity index (χ4n) is 0.582. The second-order valence-electron chi connectivity index (χ2n) is 2.14. The van der Waals surface area contributed by atoms with Gasteiger partial charge in [-0.2, -0.15) is 0 Å². The van der Waals surface area contributed by atoms with Gasteiger partial charge in [0.25, 0.3) is 6.29 Å². The van der Waals surface area contributed by atoms with Gasteiger partial charge in [-0.05, 0) is 13.0 Å². The Labute approximate surface area is 98.9 Å². The quantitative estimate of drug-likeness (QED) is 0.334. The molecule has 0 aliphatic rings. The number of rotatable bonds is 5. The molecule has 0 bridgehead atoms. The fourth-order valence-corrected chi connectivity index (χ4v) is 0.846. The van der Waals surface area contributed by atoms with Crippen molar-refractivity contribution in [1.29, 1.82) is 0 Å². The summed E-state index contributed by atoms with van der Waals surface area (Å²) in [5.74, 6) is -0.981. The molecule has 6 heteroatoms. The van der Waals surface area contributed by atoms with Crippen LogP contribution in [0.1, 0.15) is 6.92 Å². The number of hydrogen-bond donors (Lipinski definition) is 0. The van der Waals surface area contributed by atoms with Crippen LogP contribution in [0.15, 0.2) is 12.2 Å². The zero-order valence-electron chi connectivity index (χ0n) is 7.54. The monoisotopic (exact) mass is 328 g/mol. The summed E-state index contributed by atoms with van der Waals surface area (Å²) in [6, 6.07) is 0. The van der Waals surface area contributed by atoms with Crippen LogP contribution in [0.25, 0.3) is 0 Å². The van der Waals surface area contributed by atoms with Crippen molar-refractivity contribution >= 4 is 43.8 Å². The lowest BCUT2D eigenvalue weighted by Gasteiger charge is -2.13. The third kappa shape index (κ3) is 6.15. The minimum Gasteiger partial charge on any atom is -0.421 e. The smallest absolute Gasteiger partial charge is 0.319 e. The van der Waals surface area contributed by atoms with Crippen LogP contribution in [0.3, 0.4) is 0 Å². The maximum atomic E-state index is 10.9. The third-order valence-electron chi connectivity index (χ3n) is 1.06. The molecule has 0 radical (unpaired) electrons. The summed E-state index contributed by atoms with van der Waals surface area (Å²) >= 11 is 5.86. The fraction of sp³-hybridized carbons (Fsp3) is 0.500. The average molecular weight is 330 g/mol. The van der Waals surface area contributed by atoms with E-state index >= 15 is 0 Å². The molecule has 0 rings (SSSR count). The molecule has 0 aliphatic heterocycles. The van der Waals surface area contributed by atoms with Crippen LogP contribution in [0.5, 0.6) is 0 Å². The lowest BCUT2D eigenvalue weighted by atomic mass is 10.5. The Morgan fingerprint density at radius 1 is 1.21 bits per heavy atom. The van der Waals surface area contributed by atoms with E-state index in [1.807, 2.05) is 0 Å². The molecule has 0 aromatic carbocycles. The highest BCUT2D eigenvalue weighted by Gasteiger charge is 2.14. The Balaban J connectivity index is 4.15. The predicted molar refractivity (Wildman–Crippen MR) is 58.4 cm³/mol. The van der Waals surface area contributed by atoms with Crippen molar-refractivity contribution in [1.82, 2.24) is 0 Å². The molecular weight excluding hydrogens is 320 g/mol. The molecular formula is C8H10Br2O4. The third-order valence-corrected chi connectivity index (χ3v) is 1.98. The van der Waals surface area contributed by atoms with Crippen molar-refractivity contribution in [3.8, 4) is 0 Å². The first kappa shape index (κ1) is 13.6. The van der Waals surface area contributed by atoms with E-state index in [0.29, 0.717) is 0 Å². The van der Waals surface area contributed by atoms with Crippen molar-refractivity contribution in [3.63, 3.8) is 0 Å². The van der Waals surface area contributed by atoms with Crippen molar-refractivity contribution < 1.29 is 19.1 Å². The van der Waals surface area contributed by atoms with Gasteiger partial charge in [0.1, 0.15) is 10.7 Å². The summed E-state index contributed by atoms with van der Waals surface area (Å²) < 4.78 is 9.55. The van der Waals surface area contributed by atoms with Gasteiger partial charge in [0.05, 0.1) is 0 Å². The van der Waals surface area contributed by atoms with Crippen LogP contribution in [-0.4, -0.2) is 28.9 Å². The average Bonchev–Trinajstić information content (AvgIpc) is 2.17. The summed E-state index contributed by atoms with van der Waals surface area (Å²) in [4.78, 5) is 21.7. The molecule has 0 spiro atoms. The van der Waals surface area contributed by atoms with Gasteiger partial charge in [-0.15, -0.1) is 0 Å². The number of ether oxygens (including phenoxy) is 2. The SMILES string of the molecule is C/C=C/C(OC(=O)CBr)OC(=O)CBr. The van der Waals surface area contributed by atoms with Crippen molar-refractivity contribution in [2.24, 2.45) is 0 Å².